The Hall–Kier alpha value is -0.900. The highest BCUT2D eigenvalue weighted by molar-refractivity contribution is 5.25. The molecule has 0 aromatic heterocycles. The molecule has 1 aromatic rings. The minimum atomic E-state index is 0.141. The van der Waals surface area contributed by atoms with Crippen LogP contribution in [0.15, 0.2) is 30.3 Å². The molecule has 112 valence electrons. The van der Waals surface area contributed by atoms with Gasteiger partial charge in [-0.25, -0.2) is 0 Å². The van der Waals surface area contributed by atoms with Crippen LogP contribution in [-0.4, -0.2) is 49.8 Å². The summed E-state index contributed by atoms with van der Waals surface area (Å²) in [4.78, 5) is 2.55. The molecule has 3 heteroatoms. The Morgan fingerprint density at radius 3 is 2.45 bits per heavy atom. The lowest BCUT2D eigenvalue weighted by atomic mass is 9.81. The van der Waals surface area contributed by atoms with Crippen molar-refractivity contribution in [1.29, 1.82) is 0 Å². The van der Waals surface area contributed by atoms with Gasteiger partial charge in [0.25, 0.3) is 0 Å². The van der Waals surface area contributed by atoms with Gasteiger partial charge < -0.3 is 15.3 Å². The van der Waals surface area contributed by atoms with Gasteiger partial charge in [0, 0.05) is 25.1 Å². The number of rotatable bonds is 6. The van der Waals surface area contributed by atoms with E-state index in [2.05, 4.69) is 47.5 Å². The lowest BCUT2D eigenvalue weighted by molar-refractivity contribution is 0.114. The van der Waals surface area contributed by atoms with Crippen molar-refractivity contribution in [1.82, 2.24) is 10.2 Å². The van der Waals surface area contributed by atoms with E-state index in [1.807, 2.05) is 7.05 Å². The average molecular weight is 276 g/mol. The van der Waals surface area contributed by atoms with Crippen molar-refractivity contribution >= 4 is 0 Å². The van der Waals surface area contributed by atoms with Crippen LogP contribution in [0.5, 0.6) is 0 Å². The van der Waals surface area contributed by atoms with E-state index in [4.69, 9.17) is 0 Å². The summed E-state index contributed by atoms with van der Waals surface area (Å²) in [5.74, 6) is 0.513. The third-order valence-corrected chi connectivity index (χ3v) is 4.58. The third kappa shape index (κ3) is 3.81. The van der Waals surface area contributed by atoms with Crippen molar-refractivity contribution in [2.45, 2.75) is 25.2 Å². The minimum absolute atomic E-state index is 0.141. The van der Waals surface area contributed by atoms with Gasteiger partial charge in [0.1, 0.15) is 0 Å². The Morgan fingerprint density at radius 1 is 1.25 bits per heavy atom. The molecule has 0 aliphatic carbocycles. The summed E-state index contributed by atoms with van der Waals surface area (Å²) in [6.07, 6.45) is 2.25. The summed E-state index contributed by atoms with van der Waals surface area (Å²) >= 11 is 0. The van der Waals surface area contributed by atoms with E-state index >= 15 is 0 Å². The van der Waals surface area contributed by atoms with Crippen molar-refractivity contribution < 1.29 is 5.11 Å². The van der Waals surface area contributed by atoms with Crippen molar-refractivity contribution in [3.63, 3.8) is 0 Å². The number of hydrogen-bond donors (Lipinski definition) is 2. The Balaban J connectivity index is 2.03. The van der Waals surface area contributed by atoms with Gasteiger partial charge in [-0.15, -0.1) is 0 Å². The first kappa shape index (κ1) is 15.5. The first-order valence-corrected chi connectivity index (χ1v) is 7.71. The number of benzene rings is 1. The maximum Gasteiger partial charge on any atom is 0.0460 e. The van der Waals surface area contributed by atoms with Crippen molar-refractivity contribution in [3.8, 4) is 0 Å². The van der Waals surface area contributed by atoms with Gasteiger partial charge in [0.15, 0.2) is 0 Å². The van der Waals surface area contributed by atoms with Gasteiger partial charge in [0.2, 0.25) is 0 Å². The van der Waals surface area contributed by atoms with Crippen LogP contribution in [0.2, 0.25) is 0 Å². The van der Waals surface area contributed by atoms with Crippen LogP contribution in [0.1, 0.15) is 25.3 Å². The van der Waals surface area contributed by atoms with Crippen LogP contribution in [0, 0.1) is 5.92 Å². The fourth-order valence-electron chi connectivity index (χ4n) is 3.30. The largest absolute Gasteiger partial charge is 0.396 e. The molecular formula is C17H28N2O. The maximum absolute atomic E-state index is 9.24. The quantitative estimate of drug-likeness (QED) is 0.832. The summed E-state index contributed by atoms with van der Waals surface area (Å²) in [6.45, 7) is 6.97. The standard InChI is InChI=1S/C17H28N2O/c1-17(13-18-2,16-6-4-3-5-7-16)14-19-10-8-15(12-20)9-11-19/h3-7,15,18,20H,8-14H2,1-2H3. The van der Waals surface area contributed by atoms with Gasteiger partial charge in [-0.2, -0.15) is 0 Å². The minimum Gasteiger partial charge on any atom is -0.396 e. The molecule has 1 aliphatic heterocycles. The van der Waals surface area contributed by atoms with E-state index in [1.165, 1.54) is 5.56 Å². The number of piperidine rings is 1. The molecule has 1 saturated heterocycles. The molecule has 1 fully saturated rings. The second-order valence-electron chi connectivity index (χ2n) is 6.36. The zero-order valence-corrected chi connectivity index (χ0v) is 12.8. The Bertz CT molecular complexity index is 387. The highest BCUT2D eigenvalue weighted by atomic mass is 16.3. The highest BCUT2D eigenvalue weighted by Gasteiger charge is 2.30. The van der Waals surface area contributed by atoms with Crippen molar-refractivity contribution in [2.24, 2.45) is 5.92 Å². The van der Waals surface area contributed by atoms with Crippen molar-refractivity contribution in [2.75, 3.05) is 39.8 Å². The fourth-order valence-corrected chi connectivity index (χ4v) is 3.30. The zero-order chi connectivity index (χ0) is 14.4. The van der Waals surface area contributed by atoms with E-state index in [9.17, 15) is 5.11 Å². The molecule has 0 saturated carbocycles. The van der Waals surface area contributed by atoms with Crippen LogP contribution in [0.25, 0.3) is 0 Å². The maximum atomic E-state index is 9.24. The summed E-state index contributed by atoms with van der Waals surface area (Å²) in [7, 11) is 2.03. The molecule has 0 radical (unpaired) electrons. The highest BCUT2D eigenvalue weighted by Crippen LogP contribution is 2.26. The molecule has 1 aromatic carbocycles. The molecule has 0 bridgehead atoms. The molecule has 1 aliphatic rings. The lowest BCUT2D eigenvalue weighted by Crippen LogP contribution is -2.47. The topological polar surface area (TPSA) is 35.5 Å². The molecule has 1 heterocycles. The fraction of sp³-hybridized carbons (Fsp3) is 0.647. The Kier molecular flexibility index (Phi) is 5.58. The van der Waals surface area contributed by atoms with Gasteiger partial charge in [0.05, 0.1) is 0 Å². The van der Waals surface area contributed by atoms with Gasteiger partial charge in [-0.1, -0.05) is 37.3 Å². The SMILES string of the molecule is CNCC(C)(CN1CCC(CO)CC1)c1ccccc1. The smallest absolute Gasteiger partial charge is 0.0460 e. The third-order valence-electron chi connectivity index (χ3n) is 4.58. The molecule has 2 rings (SSSR count). The zero-order valence-electron chi connectivity index (χ0n) is 12.8. The normalized spacial score (nSPS) is 20.8. The summed E-state index contributed by atoms with van der Waals surface area (Å²) in [6, 6.07) is 10.8. The molecule has 0 spiro atoms. The number of nitrogens with one attached hydrogen (secondary N) is 1. The van der Waals surface area contributed by atoms with Gasteiger partial charge in [-0.3, -0.25) is 0 Å². The number of nitrogens with zero attached hydrogens (tertiary/aromatic N) is 1. The summed E-state index contributed by atoms with van der Waals surface area (Å²) in [5.41, 5.74) is 1.54. The molecular weight excluding hydrogens is 248 g/mol. The summed E-state index contributed by atoms with van der Waals surface area (Å²) in [5, 5.41) is 12.6. The van der Waals surface area contributed by atoms with Crippen LogP contribution in [0.3, 0.4) is 0 Å². The number of hydrogen-bond acceptors (Lipinski definition) is 3. The molecule has 1 atom stereocenters. The van der Waals surface area contributed by atoms with Gasteiger partial charge in [-0.05, 0) is 44.5 Å². The number of aliphatic hydroxyl groups excluding tert-OH is 1. The van der Waals surface area contributed by atoms with Crippen molar-refractivity contribution in [3.05, 3.63) is 35.9 Å². The second-order valence-corrected chi connectivity index (χ2v) is 6.36. The summed E-state index contributed by atoms with van der Waals surface area (Å²) < 4.78 is 0. The predicted molar refractivity (Wildman–Crippen MR) is 84.0 cm³/mol. The molecule has 20 heavy (non-hydrogen) atoms. The Labute approximate surface area is 123 Å². The van der Waals surface area contributed by atoms with Crippen LogP contribution < -0.4 is 5.32 Å². The molecule has 0 amide bonds. The Morgan fingerprint density at radius 2 is 1.90 bits per heavy atom. The first-order valence-electron chi connectivity index (χ1n) is 7.71. The molecule has 1 unspecified atom stereocenters. The van der Waals surface area contributed by atoms with Crippen LogP contribution in [0.4, 0.5) is 0 Å². The van der Waals surface area contributed by atoms with E-state index in [-0.39, 0.29) is 5.41 Å². The predicted octanol–water partition coefficient (Wildman–Crippen LogP) is 1.87. The molecule has 3 nitrogen and oxygen atoms in total. The van der Waals surface area contributed by atoms with Crippen LogP contribution in [-0.2, 0) is 5.41 Å². The van der Waals surface area contributed by atoms with E-state index < -0.39 is 0 Å². The second kappa shape index (κ2) is 7.21. The van der Waals surface area contributed by atoms with Crippen LogP contribution >= 0.6 is 0 Å². The molecule has 2 N–H and O–H groups in total. The average Bonchev–Trinajstić information content (AvgIpc) is 2.49. The van der Waals surface area contributed by atoms with E-state index in [1.54, 1.807) is 0 Å². The number of likely N-dealkylation sites (tertiary alicyclic amines) is 1. The number of aliphatic hydroxyl groups is 1. The monoisotopic (exact) mass is 276 g/mol. The number of likely N-dealkylation sites (N-methyl/N-ethyl adjacent to an activating group) is 1. The van der Waals surface area contributed by atoms with E-state index in [0.29, 0.717) is 12.5 Å². The lowest BCUT2D eigenvalue weighted by Gasteiger charge is -2.39. The van der Waals surface area contributed by atoms with E-state index in [0.717, 1.165) is 39.0 Å². The first-order chi connectivity index (χ1) is 9.68. The van der Waals surface area contributed by atoms with Gasteiger partial charge >= 0.3 is 0 Å².